The standard InChI is InChI=1S/C22H27N3O2.H2/c1-5-19-17-13-16(2)14-18(15-17)27-12-11-24(3)9-6-7-21(26)20-8-10-25(4)22(19)23-20;/h5,8,10,13-15H,1,6-7,9,11-12H2,2-4H3;1H/b22-19+;. The highest BCUT2D eigenvalue weighted by atomic mass is 16.5. The first kappa shape index (κ1) is 19.1. The van der Waals surface area contributed by atoms with E-state index in [0.717, 1.165) is 47.8 Å². The average molecular weight is 367 g/mol. The highest BCUT2D eigenvalue weighted by Gasteiger charge is 2.19. The van der Waals surface area contributed by atoms with Gasteiger partial charge < -0.3 is 14.5 Å². The lowest BCUT2D eigenvalue weighted by atomic mass is 10.0. The van der Waals surface area contributed by atoms with Crippen LogP contribution >= 0.6 is 0 Å². The summed E-state index contributed by atoms with van der Waals surface area (Å²) < 4.78 is 5.99. The molecule has 1 aromatic rings. The maximum absolute atomic E-state index is 12.6. The molecule has 3 rings (SSSR count). The minimum absolute atomic E-state index is 0. The van der Waals surface area contributed by atoms with Crippen LogP contribution in [0.15, 0.2) is 53.9 Å². The van der Waals surface area contributed by atoms with Gasteiger partial charge in [-0.3, -0.25) is 4.79 Å². The molecule has 2 heterocycles. The second-order valence-electron chi connectivity index (χ2n) is 7.08. The molecule has 0 atom stereocenters. The van der Waals surface area contributed by atoms with E-state index >= 15 is 0 Å². The van der Waals surface area contributed by atoms with Gasteiger partial charge in [0.2, 0.25) is 0 Å². The van der Waals surface area contributed by atoms with Gasteiger partial charge in [-0.1, -0.05) is 18.7 Å². The Hall–Kier alpha value is -2.66. The number of benzene rings is 1. The Morgan fingerprint density at radius 2 is 2.07 bits per heavy atom. The summed E-state index contributed by atoms with van der Waals surface area (Å²) in [6.45, 7) is 8.31. The predicted molar refractivity (Wildman–Crippen MR) is 112 cm³/mol. The predicted octanol–water partition coefficient (Wildman–Crippen LogP) is 3.67. The van der Waals surface area contributed by atoms with Gasteiger partial charge in [0, 0.05) is 33.2 Å². The molecule has 0 radical (unpaired) electrons. The van der Waals surface area contributed by atoms with Crippen molar-refractivity contribution in [3.05, 3.63) is 60.1 Å². The van der Waals surface area contributed by atoms with Gasteiger partial charge in [0.1, 0.15) is 23.9 Å². The number of carbonyl (C=O) groups is 1. The van der Waals surface area contributed by atoms with Gasteiger partial charge >= 0.3 is 0 Å². The van der Waals surface area contributed by atoms with E-state index in [9.17, 15) is 4.79 Å². The number of carbonyl (C=O) groups excluding carboxylic acids is 1. The minimum Gasteiger partial charge on any atom is -0.492 e. The van der Waals surface area contributed by atoms with E-state index in [0.29, 0.717) is 18.7 Å². The third-order valence-electron chi connectivity index (χ3n) is 4.79. The SMILES string of the molecule is C=C/C1=C2/N=C(C=CN2C)C(=O)CCCN(C)CCOc2cc(C)cc1c2.[HH]. The molecule has 0 fully saturated rings. The largest absolute Gasteiger partial charge is 0.492 e. The van der Waals surface area contributed by atoms with E-state index in [4.69, 9.17) is 4.74 Å². The van der Waals surface area contributed by atoms with Crippen LogP contribution < -0.4 is 4.74 Å². The summed E-state index contributed by atoms with van der Waals surface area (Å²) in [6, 6.07) is 6.14. The Labute approximate surface area is 162 Å². The van der Waals surface area contributed by atoms with Crippen LogP contribution in [0.2, 0.25) is 0 Å². The second-order valence-corrected chi connectivity index (χ2v) is 7.08. The van der Waals surface area contributed by atoms with Gasteiger partial charge in [0.15, 0.2) is 5.78 Å². The number of hydrogen-bond acceptors (Lipinski definition) is 5. The molecule has 5 nitrogen and oxygen atoms in total. The van der Waals surface area contributed by atoms with E-state index in [-0.39, 0.29) is 7.21 Å². The van der Waals surface area contributed by atoms with Crippen molar-refractivity contribution in [2.24, 2.45) is 4.99 Å². The number of Topliss-reactive ketones (excluding diaryl/α,β-unsaturated/α-hetero) is 1. The van der Waals surface area contributed by atoms with Crippen molar-refractivity contribution in [3.8, 4) is 5.75 Å². The summed E-state index contributed by atoms with van der Waals surface area (Å²) in [6.07, 6.45) is 6.76. The molecular formula is C22H29N3O2. The fraction of sp³-hybridized carbons (Fsp3) is 0.364. The Kier molecular flexibility index (Phi) is 5.91. The first-order chi connectivity index (χ1) is 13.0. The van der Waals surface area contributed by atoms with Crippen LogP contribution in [0.25, 0.3) is 5.57 Å². The number of fused-ring (bicyclic) bond motifs is 3. The molecule has 0 aliphatic carbocycles. The monoisotopic (exact) mass is 367 g/mol. The Bertz CT molecular complexity index is 842. The van der Waals surface area contributed by atoms with E-state index in [1.54, 1.807) is 12.2 Å². The molecule has 0 saturated heterocycles. The molecule has 0 spiro atoms. The van der Waals surface area contributed by atoms with Crippen molar-refractivity contribution in [1.29, 1.82) is 0 Å². The number of rotatable bonds is 1. The van der Waals surface area contributed by atoms with Gasteiger partial charge in [0.05, 0.1) is 0 Å². The third-order valence-corrected chi connectivity index (χ3v) is 4.79. The average Bonchev–Trinajstić information content (AvgIpc) is 2.63. The molecule has 0 aromatic heterocycles. The molecule has 0 amide bonds. The Morgan fingerprint density at radius 1 is 1.26 bits per heavy atom. The number of ether oxygens (including phenoxy) is 1. The van der Waals surface area contributed by atoms with Crippen LogP contribution in [0.3, 0.4) is 0 Å². The van der Waals surface area contributed by atoms with Crippen LogP contribution in [0.4, 0.5) is 0 Å². The number of aryl methyl sites for hydroxylation is 1. The number of ketones is 1. The van der Waals surface area contributed by atoms with Gasteiger partial charge in [-0.05, 0) is 56.3 Å². The number of hydrogen-bond donors (Lipinski definition) is 0. The first-order valence-electron chi connectivity index (χ1n) is 9.31. The molecule has 4 bridgehead atoms. The summed E-state index contributed by atoms with van der Waals surface area (Å²) in [4.78, 5) is 21.4. The number of allylic oxidation sites excluding steroid dienone is 3. The van der Waals surface area contributed by atoms with Crippen molar-refractivity contribution in [1.82, 2.24) is 9.80 Å². The topological polar surface area (TPSA) is 45.1 Å². The quantitative estimate of drug-likeness (QED) is 0.760. The second kappa shape index (κ2) is 8.35. The lowest BCUT2D eigenvalue weighted by Gasteiger charge is -2.22. The van der Waals surface area contributed by atoms with Crippen molar-refractivity contribution in [2.45, 2.75) is 19.8 Å². The fourth-order valence-electron chi connectivity index (χ4n) is 3.28. The van der Waals surface area contributed by atoms with Crippen LogP contribution in [-0.4, -0.2) is 55.1 Å². The van der Waals surface area contributed by atoms with Gasteiger partial charge in [0.25, 0.3) is 0 Å². The van der Waals surface area contributed by atoms with E-state index in [1.807, 2.05) is 37.2 Å². The molecule has 5 heteroatoms. The molecular weight excluding hydrogens is 338 g/mol. The van der Waals surface area contributed by atoms with Crippen molar-refractivity contribution in [2.75, 3.05) is 33.8 Å². The number of nitrogens with zero attached hydrogens (tertiary/aromatic N) is 3. The molecule has 144 valence electrons. The zero-order valence-electron chi connectivity index (χ0n) is 16.4. The first-order valence-corrected chi connectivity index (χ1v) is 9.31. The molecule has 0 N–H and O–H groups in total. The third kappa shape index (κ3) is 4.55. The maximum atomic E-state index is 12.6. The molecule has 2 aliphatic rings. The number of likely N-dealkylation sites (N-methyl/N-ethyl adjacent to an activating group) is 1. The normalized spacial score (nSPS) is 21.8. The highest BCUT2D eigenvalue weighted by molar-refractivity contribution is 6.44. The zero-order valence-corrected chi connectivity index (χ0v) is 16.4. The van der Waals surface area contributed by atoms with Gasteiger partial charge in [-0.25, -0.2) is 4.99 Å². The van der Waals surface area contributed by atoms with Crippen molar-refractivity contribution < 1.29 is 11.0 Å². The smallest absolute Gasteiger partial charge is 0.181 e. The van der Waals surface area contributed by atoms with Gasteiger partial charge in [-0.2, -0.15) is 0 Å². The van der Waals surface area contributed by atoms with Crippen LogP contribution in [-0.2, 0) is 4.79 Å². The summed E-state index contributed by atoms with van der Waals surface area (Å²) in [5.41, 5.74) is 3.47. The zero-order chi connectivity index (χ0) is 19.4. The Balaban J connectivity index is 0.00000280. The fourth-order valence-corrected chi connectivity index (χ4v) is 3.28. The molecule has 0 unspecified atom stereocenters. The number of aliphatic imine (C=N–C) groups is 1. The molecule has 27 heavy (non-hydrogen) atoms. The lowest BCUT2D eigenvalue weighted by molar-refractivity contribution is -0.113. The summed E-state index contributed by atoms with van der Waals surface area (Å²) in [7, 11) is 3.98. The van der Waals surface area contributed by atoms with Crippen LogP contribution in [0.5, 0.6) is 5.75 Å². The lowest BCUT2D eigenvalue weighted by Crippen LogP contribution is -2.26. The van der Waals surface area contributed by atoms with E-state index in [2.05, 4.69) is 29.6 Å². The maximum Gasteiger partial charge on any atom is 0.181 e. The summed E-state index contributed by atoms with van der Waals surface area (Å²) in [5, 5.41) is 0. The molecule has 2 aliphatic heterocycles. The van der Waals surface area contributed by atoms with Gasteiger partial charge in [-0.15, -0.1) is 0 Å². The minimum atomic E-state index is 0. The molecule has 1 aromatic carbocycles. The van der Waals surface area contributed by atoms with Crippen LogP contribution in [0.1, 0.15) is 25.4 Å². The van der Waals surface area contributed by atoms with Crippen molar-refractivity contribution >= 4 is 17.1 Å². The van der Waals surface area contributed by atoms with Crippen molar-refractivity contribution in [3.63, 3.8) is 0 Å². The summed E-state index contributed by atoms with van der Waals surface area (Å²) >= 11 is 0. The van der Waals surface area contributed by atoms with E-state index in [1.165, 1.54) is 0 Å². The molecule has 0 saturated carbocycles. The highest BCUT2D eigenvalue weighted by Crippen LogP contribution is 2.29. The van der Waals surface area contributed by atoms with Crippen LogP contribution in [0, 0.1) is 6.92 Å². The van der Waals surface area contributed by atoms with E-state index < -0.39 is 0 Å². The Morgan fingerprint density at radius 3 is 2.85 bits per heavy atom. The summed E-state index contributed by atoms with van der Waals surface area (Å²) in [5.74, 6) is 1.63.